The number of para-hydroxylation sites is 1. The van der Waals surface area contributed by atoms with Crippen LogP contribution in [0.15, 0.2) is 48.5 Å². The van der Waals surface area contributed by atoms with E-state index in [-0.39, 0.29) is 0 Å². The van der Waals surface area contributed by atoms with Crippen molar-refractivity contribution >= 4 is 10.9 Å². The largest absolute Gasteiger partial charge is 0.497 e. The minimum Gasteiger partial charge on any atom is -0.497 e. The molecule has 0 radical (unpaired) electrons. The standard InChI is InChI=1S/C11H13N.C11H16O2.3C2H6/c1-2-5-10-8-9-6-3-4-7-11(9)12-10;1-4-5-9-8-10(12-2)6-7-11(9)13-3;3*1-2/h3-4,6-8,12H,2,5H2,1H3;6-8H,4-5H2,1-3H3;3*1-2H3. The number of rotatable bonds is 6. The van der Waals surface area contributed by atoms with Gasteiger partial charge in [0.15, 0.2) is 0 Å². The Labute approximate surface area is 192 Å². The lowest BCUT2D eigenvalue weighted by Gasteiger charge is -2.09. The topological polar surface area (TPSA) is 34.2 Å². The number of fused-ring (bicyclic) bond motifs is 1. The van der Waals surface area contributed by atoms with Crippen LogP contribution < -0.4 is 9.47 Å². The summed E-state index contributed by atoms with van der Waals surface area (Å²) in [6, 6.07) is 16.5. The van der Waals surface area contributed by atoms with Crippen molar-refractivity contribution in [1.82, 2.24) is 4.98 Å². The highest BCUT2D eigenvalue weighted by Gasteiger charge is 2.03. The van der Waals surface area contributed by atoms with Gasteiger partial charge in [0, 0.05) is 11.2 Å². The van der Waals surface area contributed by atoms with E-state index in [2.05, 4.69) is 49.2 Å². The van der Waals surface area contributed by atoms with Gasteiger partial charge in [0.1, 0.15) is 11.5 Å². The lowest BCUT2D eigenvalue weighted by molar-refractivity contribution is 0.398. The van der Waals surface area contributed by atoms with Crippen LogP contribution in [0, 0.1) is 0 Å². The molecule has 3 aromatic rings. The summed E-state index contributed by atoms with van der Waals surface area (Å²) in [6.07, 6.45) is 4.49. The van der Waals surface area contributed by atoms with Gasteiger partial charge in [-0.05, 0) is 54.1 Å². The third-order valence-corrected chi connectivity index (χ3v) is 4.11. The van der Waals surface area contributed by atoms with Crippen molar-refractivity contribution in [2.24, 2.45) is 0 Å². The van der Waals surface area contributed by atoms with Gasteiger partial charge < -0.3 is 14.5 Å². The molecule has 3 nitrogen and oxygen atoms in total. The van der Waals surface area contributed by atoms with Crippen molar-refractivity contribution in [3.63, 3.8) is 0 Å². The second-order valence-corrected chi connectivity index (χ2v) is 6.06. The molecule has 0 unspecified atom stereocenters. The average molecular weight is 430 g/mol. The first-order chi connectivity index (χ1) is 15.2. The Morgan fingerprint density at radius 3 is 1.84 bits per heavy atom. The fraction of sp³-hybridized carbons (Fsp3) is 0.500. The van der Waals surface area contributed by atoms with E-state index in [1.807, 2.05) is 59.7 Å². The summed E-state index contributed by atoms with van der Waals surface area (Å²) in [7, 11) is 3.37. The van der Waals surface area contributed by atoms with Crippen LogP contribution in [0.4, 0.5) is 0 Å². The minimum atomic E-state index is 0.893. The Kier molecular flexibility index (Phi) is 20.7. The van der Waals surface area contributed by atoms with Crippen molar-refractivity contribution in [2.75, 3.05) is 14.2 Å². The van der Waals surface area contributed by atoms with Gasteiger partial charge in [-0.15, -0.1) is 0 Å². The van der Waals surface area contributed by atoms with Gasteiger partial charge >= 0.3 is 0 Å². The van der Waals surface area contributed by atoms with Crippen LogP contribution in [0.25, 0.3) is 10.9 Å². The molecule has 1 N–H and O–H groups in total. The van der Waals surface area contributed by atoms with Gasteiger partial charge in [0.05, 0.1) is 14.2 Å². The molecule has 0 saturated carbocycles. The van der Waals surface area contributed by atoms with Crippen molar-refractivity contribution in [3.05, 3.63) is 59.8 Å². The van der Waals surface area contributed by atoms with Gasteiger partial charge in [-0.25, -0.2) is 0 Å². The van der Waals surface area contributed by atoms with Crippen LogP contribution in [0.5, 0.6) is 11.5 Å². The summed E-state index contributed by atoms with van der Waals surface area (Å²) in [6.45, 7) is 16.4. The van der Waals surface area contributed by atoms with E-state index >= 15 is 0 Å². The molecule has 1 aromatic heterocycles. The maximum atomic E-state index is 5.24. The number of benzene rings is 2. The Balaban J connectivity index is 0. The van der Waals surface area contributed by atoms with Gasteiger partial charge in [0.25, 0.3) is 0 Å². The summed E-state index contributed by atoms with van der Waals surface area (Å²) < 4.78 is 10.4. The van der Waals surface area contributed by atoms with E-state index in [9.17, 15) is 0 Å². The van der Waals surface area contributed by atoms with Gasteiger partial charge in [-0.1, -0.05) is 86.4 Å². The van der Waals surface area contributed by atoms with Gasteiger partial charge in [0.2, 0.25) is 0 Å². The molecular formula is C28H47NO2. The number of hydrogen-bond acceptors (Lipinski definition) is 2. The van der Waals surface area contributed by atoms with E-state index in [0.717, 1.165) is 30.8 Å². The molecule has 0 amide bonds. The molecule has 3 heteroatoms. The summed E-state index contributed by atoms with van der Waals surface area (Å²) in [4.78, 5) is 3.40. The molecule has 31 heavy (non-hydrogen) atoms. The molecule has 0 aliphatic rings. The first kappa shape index (κ1) is 30.8. The fourth-order valence-corrected chi connectivity index (χ4v) is 2.88. The van der Waals surface area contributed by atoms with E-state index in [4.69, 9.17) is 9.47 Å². The highest BCUT2D eigenvalue weighted by atomic mass is 16.5. The minimum absolute atomic E-state index is 0.893. The molecule has 1 heterocycles. The van der Waals surface area contributed by atoms with Crippen molar-refractivity contribution in [3.8, 4) is 11.5 Å². The van der Waals surface area contributed by atoms with Crippen LogP contribution >= 0.6 is 0 Å². The van der Waals surface area contributed by atoms with Crippen molar-refractivity contribution in [2.45, 2.75) is 81.1 Å². The average Bonchev–Trinajstić information content (AvgIpc) is 3.26. The molecule has 0 aliphatic heterocycles. The first-order valence-electron chi connectivity index (χ1n) is 12.0. The molecular weight excluding hydrogens is 382 g/mol. The monoisotopic (exact) mass is 429 g/mol. The maximum absolute atomic E-state index is 5.24. The molecule has 0 bridgehead atoms. The number of H-pyrrole nitrogens is 1. The Morgan fingerprint density at radius 1 is 0.710 bits per heavy atom. The Hall–Kier alpha value is -2.42. The lowest BCUT2D eigenvalue weighted by Crippen LogP contribution is -1.93. The SMILES string of the molecule is CC.CC.CC.CCCc1cc(OC)ccc1OC.CCCc1cc2ccccc2[nH]1. The number of aryl methyl sites for hydroxylation is 2. The third-order valence-electron chi connectivity index (χ3n) is 4.11. The molecule has 3 rings (SSSR count). The number of aromatic nitrogens is 1. The van der Waals surface area contributed by atoms with Crippen molar-refractivity contribution < 1.29 is 9.47 Å². The first-order valence-corrected chi connectivity index (χ1v) is 12.0. The smallest absolute Gasteiger partial charge is 0.122 e. The molecule has 0 atom stereocenters. The molecule has 0 fully saturated rings. The number of ether oxygens (including phenoxy) is 2. The lowest BCUT2D eigenvalue weighted by atomic mass is 10.1. The maximum Gasteiger partial charge on any atom is 0.122 e. The number of aromatic amines is 1. The van der Waals surface area contributed by atoms with Gasteiger partial charge in [-0.2, -0.15) is 0 Å². The van der Waals surface area contributed by atoms with Crippen molar-refractivity contribution in [1.29, 1.82) is 0 Å². The summed E-state index contributed by atoms with van der Waals surface area (Å²) in [5, 5.41) is 1.32. The highest BCUT2D eigenvalue weighted by Crippen LogP contribution is 2.24. The number of nitrogens with one attached hydrogen (secondary N) is 1. The predicted octanol–water partition coefficient (Wildman–Crippen LogP) is 8.86. The molecule has 0 aliphatic carbocycles. The molecule has 0 spiro atoms. The molecule has 176 valence electrons. The number of hydrogen-bond donors (Lipinski definition) is 1. The van der Waals surface area contributed by atoms with Crippen LogP contribution in [-0.2, 0) is 12.8 Å². The molecule has 2 aromatic carbocycles. The summed E-state index contributed by atoms with van der Waals surface area (Å²) in [5.41, 5.74) is 3.81. The molecule has 0 saturated heterocycles. The quantitative estimate of drug-likeness (QED) is 0.424. The Bertz CT molecular complexity index is 745. The zero-order valence-electron chi connectivity index (χ0n) is 21.8. The second kappa shape index (κ2) is 20.8. The van der Waals surface area contributed by atoms with E-state index in [0.29, 0.717) is 0 Å². The zero-order chi connectivity index (χ0) is 24.1. The Morgan fingerprint density at radius 2 is 1.32 bits per heavy atom. The van der Waals surface area contributed by atoms with E-state index < -0.39 is 0 Å². The van der Waals surface area contributed by atoms with E-state index in [1.54, 1.807) is 14.2 Å². The van der Waals surface area contributed by atoms with Crippen LogP contribution in [0.1, 0.15) is 79.5 Å². The summed E-state index contributed by atoms with van der Waals surface area (Å²) >= 11 is 0. The predicted molar refractivity (Wildman–Crippen MR) is 140 cm³/mol. The number of methoxy groups -OCH3 is 2. The van der Waals surface area contributed by atoms with Crippen LogP contribution in [-0.4, -0.2) is 19.2 Å². The highest BCUT2D eigenvalue weighted by molar-refractivity contribution is 5.80. The zero-order valence-corrected chi connectivity index (χ0v) is 21.8. The normalized spacial score (nSPS) is 8.84. The second-order valence-electron chi connectivity index (χ2n) is 6.06. The van der Waals surface area contributed by atoms with Crippen LogP contribution in [0.3, 0.4) is 0 Å². The van der Waals surface area contributed by atoms with Crippen LogP contribution in [0.2, 0.25) is 0 Å². The van der Waals surface area contributed by atoms with E-state index in [1.165, 1.54) is 28.6 Å². The third kappa shape index (κ3) is 11.5. The van der Waals surface area contributed by atoms with Gasteiger partial charge in [-0.3, -0.25) is 0 Å². The fourth-order valence-electron chi connectivity index (χ4n) is 2.88. The summed E-state index contributed by atoms with van der Waals surface area (Å²) in [5.74, 6) is 1.84.